The molecular weight excluding hydrogens is 295 g/mol. The highest BCUT2D eigenvalue weighted by Gasteiger charge is 2.67. The molecule has 1 atom stereocenters. The number of carbonyl (C=O) groups is 1. The first-order chi connectivity index (χ1) is 9.44. The number of amides is 1. The van der Waals surface area contributed by atoms with Crippen LogP contribution in [0, 0.1) is 5.41 Å². The van der Waals surface area contributed by atoms with Gasteiger partial charge in [0.25, 0.3) is 0 Å². The first-order valence-electron chi connectivity index (χ1n) is 6.65. The number of alkyl halides is 2. The van der Waals surface area contributed by atoms with E-state index >= 15 is 0 Å². The third kappa shape index (κ3) is 2.19. The SMILES string of the molecule is CC1(C(=O)NCCc2c[nH]c3ccccc23)CC1(Cl)Cl. The van der Waals surface area contributed by atoms with Gasteiger partial charge in [0.1, 0.15) is 4.33 Å². The van der Waals surface area contributed by atoms with Gasteiger partial charge in [-0.1, -0.05) is 18.2 Å². The van der Waals surface area contributed by atoms with Crippen LogP contribution >= 0.6 is 23.2 Å². The normalized spacial score (nSPS) is 23.8. The second-order valence-electron chi connectivity index (χ2n) is 5.58. The zero-order chi connectivity index (χ0) is 14.4. The molecule has 3 nitrogen and oxygen atoms in total. The van der Waals surface area contributed by atoms with Gasteiger partial charge < -0.3 is 10.3 Å². The Morgan fingerprint density at radius 3 is 2.80 bits per heavy atom. The molecule has 3 rings (SSSR count). The molecule has 1 amide bonds. The number of hydrogen-bond donors (Lipinski definition) is 2. The van der Waals surface area contributed by atoms with Gasteiger partial charge in [0.05, 0.1) is 5.41 Å². The van der Waals surface area contributed by atoms with Crippen LogP contribution < -0.4 is 5.32 Å². The Bertz CT molecular complexity index is 665. The molecule has 1 heterocycles. The molecule has 106 valence electrons. The van der Waals surface area contributed by atoms with Gasteiger partial charge in [0.15, 0.2) is 0 Å². The van der Waals surface area contributed by atoms with E-state index in [0.29, 0.717) is 13.0 Å². The number of aromatic nitrogens is 1. The molecule has 0 spiro atoms. The quantitative estimate of drug-likeness (QED) is 0.835. The minimum Gasteiger partial charge on any atom is -0.361 e. The molecule has 1 aromatic carbocycles. The largest absolute Gasteiger partial charge is 0.361 e. The second kappa shape index (κ2) is 4.68. The van der Waals surface area contributed by atoms with E-state index in [1.165, 1.54) is 10.9 Å². The number of benzene rings is 1. The van der Waals surface area contributed by atoms with E-state index in [1.54, 1.807) is 6.92 Å². The van der Waals surface area contributed by atoms with E-state index in [1.807, 2.05) is 24.4 Å². The summed E-state index contributed by atoms with van der Waals surface area (Å²) in [5.41, 5.74) is 1.67. The van der Waals surface area contributed by atoms with E-state index < -0.39 is 9.75 Å². The van der Waals surface area contributed by atoms with E-state index in [2.05, 4.69) is 16.4 Å². The molecule has 0 radical (unpaired) electrons. The monoisotopic (exact) mass is 310 g/mol. The molecule has 5 heteroatoms. The van der Waals surface area contributed by atoms with Crippen molar-refractivity contribution < 1.29 is 4.79 Å². The van der Waals surface area contributed by atoms with Gasteiger partial charge in [0, 0.05) is 23.6 Å². The lowest BCUT2D eigenvalue weighted by atomic mass is 10.1. The maximum absolute atomic E-state index is 12.0. The number of hydrogen-bond acceptors (Lipinski definition) is 1. The molecule has 1 aliphatic carbocycles. The van der Waals surface area contributed by atoms with Crippen LogP contribution in [0.15, 0.2) is 30.5 Å². The van der Waals surface area contributed by atoms with Crippen LogP contribution in [0.3, 0.4) is 0 Å². The molecular formula is C15H16Cl2N2O. The molecule has 1 aromatic heterocycles. The minimum absolute atomic E-state index is 0.0673. The lowest BCUT2D eigenvalue weighted by Gasteiger charge is -2.12. The molecule has 1 saturated carbocycles. The number of nitrogens with one attached hydrogen (secondary N) is 2. The molecule has 0 aliphatic heterocycles. The molecule has 0 bridgehead atoms. The van der Waals surface area contributed by atoms with Gasteiger partial charge in [-0.05, 0) is 31.4 Å². The van der Waals surface area contributed by atoms with Gasteiger partial charge in [-0.15, -0.1) is 23.2 Å². The van der Waals surface area contributed by atoms with Crippen molar-refractivity contribution in [3.8, 4) is 0 Å². The van der Waals surface area contributed by atoms with Crippen molar-refractivity contribution in [1.82, 2.24) is 10.3 Å². The van der Waals surface area contributed by atoms with Gasteiger partial charge >= 0.3 is 0 Å². The number of H-pyrrole nitrogens is 1. The Kier molecular flexibility index (Phi) is 3.22. The Balaban J connectivity index is 1.60. The molecule has 20 heavy (non-hydrogen) atoms. The van der Waals surface area contributed by atoms with Crippen LogP contribution in [-0.2, 0) is 11.2 Å². The summed E-state index contributed by atoms with van der Waals surface area (Å²) in [4.78, 5) is 15.3. The number of halogens is 2. The van der Waals surface area contributed by atoms with Gasteiger partial charge in [0.2, 0.25) is 5.91 Å². The smallest absolute Gasteiger partial charge is 0.229 e. The summed E-state index contributed by atoms with van der Waals surface area (Å²) in [6, 6.07) is 8.13. The predicted octanol–water partition coefficient (Wildman–Crippen LogP) is 3.41. The highest BCUT2D eigenvalue weighted by atomic mass is 35.5. The summed E-state index contributed by atoms with van der Waals surface area (Å²) < 4.78 is -0.905. The zero-order valence-electron chi connectivity index (χ0n) is 11.2. The van der Waals surface area contributed by atoms with Gasteiger partial charge in [-0.25, -0.2) is 0 Å². The zero-order valence-corrected chi connectivity index (χ0v) is 12.7. The highest BCUT2D eigenvalue weighted by molar-refractivity contribution is 6.53. The number of carbonyl (C=O) groups excluding carboxylic acids is 1. The summed E-state index contributed by atoms with van der Waals surface area (Å²) in [6.45, 7) is 2.38. The van der Waals surface area contributed by atoms with Gasteiger partial charge in [-0.2, -0.15) is 0 Å². The summed E-state index contributed by atoms with van der Waals surface area (Å²) in [5, 5.41) is 4.12. The Hall–Kier alpha value is -1.19. The Labute approximate surface area is 127 Å². The lowest BCUT2D eigenvalue weighted by Crippen LogP contribution is -2.34. The summed E-state index contributed by atoms with van der Waals surface area (Å²) in [5.74, 6) is -0.0673. The second-order valence-corrected chi connectivity index (χ2v) is 7.06. The first-order valence-corrected chi connectivity index (χ1v) is 7.41. The number of fused-ring (bicyclic) bond motifs is 1. The van der Waals surface area contributed by atoms with Crippen molar-refractivity contribution in [3.05, 3.63) is 36.0 Å². The molecule has 1 aliphatic rings. The fourth-order valence-corrected chi connectivity index (χ4v) is 3.20. The van der Waals surface area contributed by atoms with E-state index in [-0.39, 0.29) is 5.91 Å². The Morgan fingerprint density at radius 1 is 1.40 bits per heavy atom. The average molecular weight is 311 g/mol. The molecule has 0 saturated heterocycles. The number of rotatable bonds is 4. The highest BCUT2D eigenvalue weighted by Crippen LogP contribution is 2.63. The first kappa shape index (κ1) is 13.8. The molecule has 2 N–H and O–H groups in total. The van der Waals surface area contributed by atoms with Crippen LogP contribution in [0.1, 0.15) is 18.9 Å². The summed E-state index contributed by atoms with van der Waals surface area (Å²) >= 11 is 12.0. The van der Waals surface area contributed by atoms with Crippen LogP contribution in [0.25, 0.3) is 10.9 Å². The van der Waals surface area contributed by atoms with Crippen LogP contribution in [0.2, 0.25) is 0 Å². The van der Waals surface area contributed by atoms with Crippen molar-refractivity contribution >= 4 is 40.0 Å². The van der Waals surface area contributed by atoms with Crippen LogP contribution in [0.5, 0.6) is 0 Å². The molecule has 1 fully saturated rings. The van der Waals surface area contributed by atoms with Crippen molar-refractivity contribution in [2.45, 2.75) is 24.1 Å². The maximum atomic E-state index is 12.0. The van der Waals surface area contributed by atoms with Crippen molar-refractivity contribution in [2.24, 2.45) is 5.41 Å². The van der Waals surface area contributed by atoms with Crippen LogP contribution in [0.4, 0.5) is 0 Å². The summed E-state index contributed by atoms with van der Waals surface area (Å²) in [6.07, 6.45) is 3.29. The Morgan fingerprint density at radius 2 is 2.10 bits per heavy atom. The third-order valence-corrected chi connectivity index (χ3v) is 5.22. The van der Waals surface area contributed by atoms with E-state index in [4.69, 9.17) is 23.2 Å². The van der Waals surface area contributed by atoms with Crippen molar-refractivity contribution in [2.75, 3.05) is 6.54 Å². The van der Waals surface area contributed by atoms with Crippen molar-refractivity contribution in [1.29, 1.82) is 0 Å². The van der Waals surface area contributed by atoms with Gasteiger partial charge in [-0.3, -0.25) is 4.79 Å². The maximum Gasteiger partial charge on any atom is 0.229 e. The van der Waals surface area contributed by atoms with Crippen LogP contribution in [-0.4, -0.2) is 21.8 Å². The lowest BCUT2D eigenvalue weighted by molar-refractivity contribution is -0.125. The molecule has 2 aromatic rings. The fourth-order valence-electron chi connectivity index (χ4n) is 2.49. The minimum atomic E-state index is -0.905. The number of aromatic amines is 1. The third-order valence-electron chi connectivity index (χ3n) is 4.11. The predicted molar refractivity (Wildman–Crippen MR) is 82.2 cm³/mol. The topological polar surface area (TPSA) is 44.9 Å². The van der Waals surface area contributed by atoms with E-state index in [9.17, 15) is 4.79 Å². The van der Waals surface area contributed by atoms with E-state index in [0.717, 1.165) is 11.9 Å². The molecule has 1 unspecified atom stereocenters. The van der Waals surface area contributed by atoms with Crippen molar-refractivity contribution in [3.63, 3.8) is 0 Å². The number of para-hydroxylation sites is 1. The fraction of sp³-hybridized carbons (Fsp3) is 0.400. The standard InChI is InChI=1S/C15H16Cl2N2O/c1-14(9-15(14,16)17)13(20)18-7-6-10-8-19-12-5-3-2-4-11(10)12/h2-5,8,19H,6-7,9H2,1H3,(H,18,20). The summed E-state index contributed by atoms with van der Waals surface area (Å²) in [7, 11) is 0. The average Bonchev–Trinajstić information content (AvgIpc) is 2.77.